The van der Waals surface area contributed by atoms with Crippen molar-refractivity contribution in [2.45, 2.75) is 6.17 Å². The fourth-order valence-electron chi connectivity index (χ4n) is 7.68. The Morgan fingerprint density at radius 3 is 1.81 bits per heavy atom. The molecule has 53 heavy (non-hydrogen) atoms. The van der Waals surface area contributed by atoms with Gasteiger partial charge in [-0.25, -0.2) is 9.98 Å². The first kappa shape index (κ1) is 30.8. The second-order valence-electron chi connectivity index (χ2n) is 13.3. The molecule has 4 heteroatoms. The molecule has 0 aliphatic carbocycles. The van der Waals surface area contributed by atoms with E-state index in [0.717, 1.165) is 66.5 Å². The summed E-state index contributed by atoms with van der Waals surface area (Å²) in [6, 6.07) is 65.7. The highest BCUT2D eigenvalue weighted by atomic mass is 16.3. The van der Waals surface area contributed by atoms with Gasteiger partial charge in [-0.3, -0.25) is 0 Å². The van der Waals surface area contributed by atoms with Crippen molar-refractivity contribution in [3.8, 4) is 33.4 Å². The van der Waals surface area contributed by atoms with E-state index >= 15 is 0 Å². The van der Waals surface area contributed by atoms with Crippen LogP contribution >= 0.6 is 0 Å². The summed E-state index contributed by atoms with van der Waals surface area (Å²) < 4.78 is 6.48. The number of nitrogens with one attached hydrogen (secondary N) is 1. The Kier molecular flexibility index (Phi) is 7.51. The number of hydrogen-bond acceptors (Lipinski definition) is 4. The maximum atomic E-state index is 6.48. The first-order valence-corrected chi connectivity index (χ1v) is 17.9. The lowest BCUT2D eigenvalue weighted by Crippen LogP contribution is -2.33. The summed E-state index contributed by atoms with van der Waals surface area (Å²) in [5.41, 5.74) is 11.5. The molecule has 0 saturated carbocycles. The van der Waals surface area contributed by atoms with Crippen LogP contribution in [0.5, 0.6) is 0 Å². The van der Waals surface area contributed by atoms with Gasteiger partial charge in [0.1, 0.15) is 23.2 Å². The number of rotatable bonds is 6. The first-order chi connectivity index (χ1) is 26.3. The zero-order chi connectivity index (χ0) is 35.1. The molecule has 4 nitrogen and oxygen atoms in total. The standard InChI is InChI=1S/C49H33N3O/c1-4-15-32(16-5-1)35-21-14-22-36(31-35)38-29-30-44-45(42-25-12-13-26-43(42)53-44)46(38)49-51-47(34-19-8-3-9-20-34)50-48(52-49)41-28-27-37(33-17-6-2-7-18-33)39-23-10-11-24-40(39)41/h1-31,48H,(H,50,51,52). The summed E-state index contributed by atoms with van der Waals surface area (Å²) in [7, 11) is 0. The molecule has 0 saturated heterocycles. The lowest BCUT2D eigenvalue weighted by molar-refractivity contribution is 0.668. The van der Waals surface area contributed by atoms with Crippen LogP contribution in [0.1, 0.15) is 22.9 Å². The molecule has 1 unspecified atom stereocenters. The fourth-order valence-corrected chi connectivity index (χ4v) is 7.68. The van der Waals surface area contributed by atoms with Gasteiger partial charge in [-0.1, -0.05) is 164 Å². The molecule has 10 rings (SSSR count). The number of hydrogen-bond donors (Lipinski definition) is 1. The molecule has 0 fully saturated rings. The monoisotopic (exact) mass is 679 g/mol. The third kappa shape index (κ3) is 5.49. The molecule has 0 spiro atoms. The summed E-state index contributed by atoms with van der Waals surface area (Å²) in [6.07, 6.45) is -0.413. The van der Waals surface area contributed by atoms with E-state index in [9.17, 15) is 0 Å². The minimum Gasteiger partial charge on any atom is -0.456 e. The largest absolute Gasteiger partial charge is 0.456 e. The van der Waals surface area contributed by atoms with Gasteiger partial charge in [0.25, 0.3) is 0 Å². The third-order valence-electron chi connectivity index (χ3n) is 10.2. The Bertz CT molecular complexity index is 2850. The summed E-state index contributed by atoms with van der Waals surface area (Å²) >= 11 is 0. The van der Waals surface area contributed by atoms with Crippen LogP contribution in [0.4, 0.5) is 0 Å². The number of amidine groups is 2. The Morgan fingerprint density at radius 1 is 0.434 bits per heavy atom. The molecule has 0 amide bonds. The van der Waals surface area contributed by atoms with E-state index in [4.69, 9.17) is 14.4 Å². The minimum atomic E-state index is -0.413. The summed E-state index contributed by atoms with van der Waals surface area (Å²) in [5, 5.41) is 8.11. The number of aliphatic imine (C=N–C) groups is 2. The van der Waals surface area contributed by atoms with Crippen molar-refractivity contribution in [2.24, 2.45) is 9.98 Å². The normalized spacial score (nSPS) is 14.2. The summed E-state index contributed by atoms with van der Waals surface area (Å²) in [4.78, 5) is 10.9. The smallest absolute Gasteiger partial charge is 0.160 e. The molecule has 0 radical (unpaired) electrons. The van der Waals surface area contributed by atoms with E-state index in [1.165, 1.54) is 22.1 Å². The second-order valence-corrected chi connectivity index (χ2v) is 13.3. The van der Waals surface area contributed by atoms with Gasteiger partial charge in [0.15, 0.2) is 5.84 Å². The second kappa shape index (κ2) is 12.9. The molecular formula is C49H33N3O. The van der Waals surface area contributed by atoms with Gasteiger partial charge in [-0.2, -0.15) is 0 Å². The van der Waals surface area contributed by atoms with Gasteiger partial charge in [-0.05, 0) is 68.4 Å². The van der Waals surface area contributed by atoms with E-state index < -0.39 is 6.17 Å². The molecule has 1 atom stereocenters. The van der Waals surface area contributed by atoms with Crippen LogP contribution in [0.2, 0.25) is 0 Å². The predicted octanol–water partition coefficient (Wildman–Crippen LogP) is 12.2. The average Bonchev–Trinajstić information content (AvgIpc) is 3.62. The number of fused-ring (bicyclic) bond motifs is 4. The number of para-hydroxylation sites is 1. The lowest BCUT2D eigenvalue weighted by Gasteiger charge is -2.26. The zero-order valence-electron chi connectivity index (χ0n) is 28.8. The van der Waals surface area contributed by atoms with E-state index in [1.807, 2.05) is 18.2 Å². The van der Waals surface area contributed by atoms with Crippen LogP contribution in [0.25, 0.3) is 66.1 Å². The average molecular weight is 680 g/mol. The molecule has 0 bridgehead atoms. The number of furan rings is 1. The Hall–Kier alpha value is -7.04. The first-order valence-electron chi connectivity index (χ1n) is 17.9. The molecular weight excluding hydrogens is 647 g/mol. The number of nitrogens with zero attached hydrogens (tertiary/aromatic N) is 2. The van der Waals surface area contributed by atoms with Crippen molar-refractivity contribution in [3.63, 3.8) is 0 Å². The van der Waals surface area contributed by atoms with E-state index in [-0.39, 0.29) is 0 Å². The van der Waals surface area contributed by atoms with Gasteiger partial charge >= 0.3 is 0 Å². The minimum absolute atomic E-state index is 0.413. The zero-order valence-corrected chi connectivity index (χ0v) is 28.8. The molecule has 1 aliphatic heterocycles. The van der Waals surface area contributed by atoms with Crippen LogP contribution in [0.3, 0.4) is 0 Å². The van der Waals surface area contributed by atoms with Crippen LogP contribution < -0.4 is 5.32 Å². The Morgan fingerprint density at radius 2 is 1.04 bits per heavy atom. The quantitative estimate of drug-likeness (QED) is 0.190. The molecule has 1 aliphatic rings. The van der Waals surface area contributed by atoms with Crippen molar-refractivity contribution in [2.75, 3.05) is 0 Å². The summed E-state index contributed by atoms with van der Waals surface area (Å²) in [5.74, 6) is 1.42. The third-order valence-corrected chi connectivity index (χ3v) is 10.2. The SMILES string of the molecule is c1ccc(C2=NC(c3c(-c4cccc(-c5ccccc5)c4)ccc4oc5ccccc5c34)=NC(c3ccc(-c4ccccc4)c4ccccc34)N2)cc1. The molecule has 1 N–H and O–H groups in total. The fraction of sp³-hybridized carbons (Fsp3) is 0.0204. The highest BCUT2D eigenvalue weighted by Crippen LogP contribution is 2.41. The molecule has 2 heterocycles. The Labute approximate surface area is 307 Å². The topological polar surface area (TPSA) is 49.9 Å². The van der Waals surface area contributed by atoms with E-state index in [2.05, 4.69) is 175 Å². The highest BCUT2D eigenvalue weighted by molar-refractivity contribution is 6.25. The van der Waals surface area contributed by atoms with Crippen molar-refractivity contribution in [1.82, 2.24) is 5.32 Å². The van der Waals surface area contributed by atoms with Crippen LogP contribution in [-0.4, -0.2) is 11.7 Å². The molecule has 9 aromatic rings. The van der Waals surface area contributed by atoms with E-state index in [1.54, 1.807) is 0 Å². The van der Waals surface area contributed by atoms with Gasteiger partial charge in [0, 0.05) is 27.5 Å². The van der Waals surface area contributed by atoms with Gasteiger partial charge < -0.3 is 9.73 Å². The predicted molar refractivity (Wildman–Crippen MR) is 219 cm³/mol. The van der Waals surface area contributed by atoms with Crippen LogP contribution in [0.15, 0.2) is 202 Å². The molecule has 1 aromatic heterocycles. The van der Waals surface area contributed by atoms with Crippen molar-refractivity contribution >= 4 is 44.4 Å². The highest BCUT2D eigenvalue weighted by Gasteiger charge is 2.27. The Balaban J connectivity index is 1.23. The maximum absolute atomic E-state index is 6.48. The van der Waals surface area contributed by atoms with Gasteiger partial charge in [0.2, 0.25) is 0 Å². The summed E-state index contributed by atoms with van der Waals surface area (Å²) in [6.45, 7) is 0. The van der Waals surface area contributed by atoms with Crippen molar-refractivity contribution in [1.29, 1.82) is 0 Å². The van der Waals surface area contributed by atoms with E-state index in [0.29, 0.717) is 5.84 Å². The van der Waals surface area contributed by atoms with Gasteiger partial charge in [0.05, 0.1) is 0 Å². The van der Waals surface area contributed by atoms with Crippen molar-refractivity contribution in [3.05, 3.63) is 205 Å². The van der Waals surface area contributed by atoms with Crippen molar-refractivity contribution < 1.29 is 4.42 Å². The lowest BCUT2D eigenvalue weighted by atomic mass is 9.91. The number of benzene rings is 8. The maximum Gasteiger partial charge on any atom is 0.160 e. The van der Waals surface area contributed by atoms with Crippen LogP contribution in [-0.2, 0) is 0 Å². The van der Waals surface area contributed by atoms with Gasteiger partial charge in [-0.15, -0.1) is 0 Å². The molecule has 8 aromatic carbocycles. The van der Waals surface area contributed by atoms with Crippen LogP contribution in [0, 0.1) is 0 Å². The molecule has 250 valence electrons.